The van der Waals surface area contributed by atoms with Crippen LogP contribution in [0.3, 0.4) is 0 Å². The van der Waals surface area contributed by atoms with Crippen LogP contribution in [0.1, 0.15) is 38.7 Å². The minimum absolute atomic E-state index is 0.306. The molecule has 5 rings (SSSR count). The summed E-state index contributed by atoms with van der Waals surface area (Å²) in [5.41, 5.74) is 1.68. The predicted molar refractivity (Wildman–Crippen MR) is 106 cm³/mol. The Morgan fingerprint density at radius 2 is 1.62 bits per heavy atom. The zero-order chi connectivity index (χ0) is 20.1. The van der Waals surface area contributed by atoms with Crippen molar-refractivity contribution in [1.29, 1.82) is 0 Å². The molecule has 1 aliphatic rings. The molecule has 0 saturated heterocycles. The number of carbonyl (C=O) groups excluding carboxylic acids is 2. The van der Waals surface area contributed by atoms with Crippen LogP contribution in [0.25, 0.3) is 16.3 Å². The van der Waals surface area contributed by atoms with E-state index < -0.39 is 6.04 Å². The van der Waals surface area contributed by atoms with Crippen LogP contribution in [0, 0.1) is 0 Å². The number of ether oxygens (including phenoxy) is 1. The molecule has 2 amide bonds. The van der Waals surface area contributed by atoms with Crippen LogP contribution in [-0.2, 0) is 0 Å². The largest absolute Gasteiger partial charge is 0.497 e. The topological polar surface area (TPSA) is 89.7 Å². The zero-order valence-corrected chi connectivity index (χ0v) is 16.4. The first-order valence-electron chi connectivity index (χ1n) is 8.92. The molecule has 1 atom stereocenters. The van der Waals surface area contributed by atoms with E-state index in [0.29, 0.717) is 26.9 Å². The fourth-order valence-corrected chi connectivity index (χ4v) is 4.27. The molecule has 0 aliphatic carbocycles. The van der Waals surface area contributed by atoms with Gasteiger partial charge in [0.05, 0.1) is 24.3 Å². The van der Waals surface area contributed by atoms with Crippen molar-refractivity contribution in [1.82, 2.24) is 24.7 Å². The highest BCUT2D eigenvalue weighted by Crippen LogP contribution is 2.33. The summed E-state index contributed by atoms with van der Waals surface area (Å²) in [6.45, 7) is 1.79. The van der Waals surface area contributed by atoms with Crippen LogP contribution in [-0.4, -0.2) is 43.6 Å². The first-order chi connectivity index (χ1) is 14.1. The lowest BCUT2D eigenvalue weighted by Gasteiger charge is -2.19. The molecule has 0 N–H and O–H groups in total. The third-order valence-electron chi connectivity index (χ3n) is 4.92. The molecule has 8 nitrogen and oxygen atoms in total. The van der Waals surface area contributed by atoms with E-state index in [1.165, 1.54) is 16.2 Å². The van der Waals surface area contributed by atoms with Gasteiger partial charge >= 0.3 is 0 Å². The molecule has 4 aromatic rings. The number of nitrogens with zero attached hydrogens (tertiary/aromatic N) is 5. The predicted octanol–water partition coefficient (Wildman–Crippen LogP) is 3.22. The van der Waals surface area contributed by atoms with Crippen molar-refractivity contribution in [2.24, 2.45) is 0 Å². The molecule has 2 aromatic heterocycles. The molecule has 0 radical (unpaired) electrons. The van der Waals surface area contributed by atoms with Crippen molar-refractivity contribution in [2.75, 3.05) is 7.11 Å². The van der Waals surface area contributed by atoms with E-state index in [0.717, 1.165) is 11.3 Å². The number of hydrogen-bond acceptors (Lipinski definition) is 7. The minimum Gasteiger partial charge on any atom is -0.497 e. The average molecular weight is 405 g/mol. The van der Waals surface area contributed by atoms with Gasteiger partial charge in [-0.15, -0.1) is 10.2 Å². The number of imide groups is 1. The molecule has 0 spiro atoms. The summed E-state index contributed by atoms with van der Waals surface area (Å²) in [6, 6.07) is 13.8. The van der Waals surface area contributed by atoms with Gasteiger partial charge in [-0.25, -0.2) is 0 Å². The van der Waals surface area contributed by atoms with Gasteiger partial charge in [-0.05, 0) is 43.3 Å². The fraction of sp³-hybridized carbons (Fsp3) is 0.150. The minimum atomic E-state index is -0.516. The molecule has 0 bridgehead atoms. The Balaban J connectivity index is 1.51. The number of amides is 2. The maximum absolute atomic E-state index is 12.8. The van der Waals surface area contributed by atoms with Crippen molar-refractivity contribution < 1.29 is 14.3 Å². The summed E-state index contributed by atoms with van der Waals surface area (Å²) in [4.78, 5) is 27.4. The Labute approximate surface area is 169 Å². The van der Waals surface area contributed by atoms with Crippen LogP contribution >= 0.6 is 11.3 Å². The SMILES string of the molecule is COc1ccc(-c2nnc3sc([C@H](C)N4C(=O)c5ccccc5C4=O)nn23)cc1. The second-order valence-corrected chi connectivity index (χ2v) is 7.58. The van der Waals surface area contributed by atoms with E-state index in [2.05, 4.69) is 15.3 Å². The van der Waals surface area contributed by atoms with Gasteiger partial charge in [0.15, 0.2) is 5.82 Å². The Morgan fingerprint density at radius 3 is 2.24 bits per heavy atom. The highest BCUT2D eigenvalue weighted by Gasteiger charge is 2.40. The van der Waals surface area contributed by atoms with Gasteiger partial charge in [0, 0.05) is 5.56 Å². The Bertz CT molecular complexity index is 1230. The Hall–Kier alpha value is -3.59. The van der Waals surface area contributed by atoms with E-state index in [1.807, 2.05) is 24.3 Å². The summed E-state index contributed by atoms with van der Waals surface area (Å²) in [6.07, 6.45) is 0. The van der Waals surface area contributed by atoms with Gasteiger partial charge in [-0.3, -0.25) is 14.5 Å². The standard InChI is InChI=1S/C20H15N5O3S/c1-11(24-18(26)14-5-3-4-6-15(14)19(24)27)17-23-25-16(21-22-20(25)29-17)12-7-9-13(28-2)10-8-12/h3-11H,1-2H3/t11-/m0/s1. The summed E-state index contributed by atoms with van der Waals surface area (Å²) in [7, 11) is 1.61. The number of aromatic nitrogens is 4. The van der Waals surface area contributed by atoms with Crippen molar-refractivity contribution in [3.63, 3.8) is 0 Å². The molecule has 0 unspecified atom stereocenters. The van der Waals surface area contributed by atoms with E-state index in [4.69, 9.17) is 4.74 Å². The lowest BCUT2D eigenvalue weighted by atomic mass is 10.1. The van der Waals surface area contributed by atoms with Gasteiger partial charge < -0.3 is 4.74 Å². The molecule has 29 heavy (non-hydrogen) atoms. The summed E-state index contributed by atoms with van der Waals surface area (Å²) in [5, 5.41) is 13.6. The molecule has 2 aromatic carbocycles. The molecule has 9 heteroatoms. The van der Waals surface area contributed by atoms with Crippen LogP contribution in [0.15, 0.2) is 48.5 Å². The monoisotopic (exact) mass is 405 g/mol. The van der Waals surface area contributed by atoms with Gasteiger partial charge in [-0.1, -0.05) is 23.5 Å². The highest BCUT2D eigenvalue weighted by atomic mass is 32.1. The molecule has 1 aliphatic heterocycles. The molecular formula is C20H15N5O3S. The average Bonchev–Trinajstić information content (AvgIpc) is 3.41. The van der Waals surface area contributed by atoms with Gasteiger partial charge in [0.25, 0.3) is 11.8 Å². The van der Waals surface area contributed by atoms with Crippen LogP contribution in [0.2, 0.25) is 0 Å². The van der Waals surface area contributed by atoms with Gasteiger partial charge in [0.2, 0.25) is 4.96 Å². The van der Waals surface area contributed by atoms with E-state index in [1.54, 1.807) is 42.8 Å². The quantitative estimate of drug-likeness (QED) is 0.484. The number of benzene rings is 2. The Morgan fingerprint density at radius 1 is 0.966 bits per heavy atom. The number of rotatable bonds is 4. The number of fused-ring (bicyclic) bond motifs is 2. The lowest BCUT2D eigenvalue weighted by molar-refractivity contribution is 0.0594. The van der Waals surface area contributed by atoms with Crippen molar-refractivity contribution >= 4 is 28.1 Å². The summed E-state index contributed by atoms with van der Waals surface area (Å²) in [5.74, 6) is 0.714. The second-order valence-electron chi connectivity index (χ2n) is 6.59. The number of hydrogen-bond donors (Lipinski definition) is 0. The number of methoxy groups -OCH3 is 1. The van der Waals surface area contributed by atoms with Crippen LogP contribution < -0.4 is 4.74 Å². The second kappa shape index (κ2) is 6.49. The third kappa shape index (κ3) is 2.62. The smallest absolute Gasteiger partial charge is 0.262 e. The molecular weight excluding hydrogens is 390 g/mol. The third-order valence-corrected chi connectivity index (χ3v) is 5.99. The van der Waals surface area contributed by atoms with E-state index >= 15 is 0 Å². The van der Waals surface area contributed by atoms with Crippen LogP contribution in [0.5, 0.6) is 5.75 Å². The normalized spacial score (nSPS) is 14.5. The molecule has 0 saturated carbocycles. The summed E-state index contributed by atoms with van der Waals surface area (Å²) >= 11 is 1.31. The number of carbonyl (C=O) groups is 2. The van der Waals surface area contributed by atoms with Crippen molar-refractivity contribution in [3.8, 4) is 17.1 Å². The van der Waals surface area contributed by atoms with Crippen molar-refractivity contribution in [3.05, 3.63) is 64.7 Å². The maximum atomic E-state index is 12.8. The first-order valence-corrected chi connectivity index (χ1v) is 9.73. The van der Waals surface area contributed by atoms with E-state index in [-0.39, 0.29) is 11.8 Å². The summed E-state index contributed by atoms with van der Waals surface area (Å²) < 4.78 is 6.82. The van der Waals surface area contributed by atoms with E-state index in [9.17, 15) is 9.59 Å². The van der Waals surface area contributed by atoms with Gasteiger partial charge in [-0.2, -0.15) is 9.61 Å². The van der Waals surface area contributed by atoms with Crippen LogP contribution in [0.4, 0.5) is 0 Å². The highest BCUT2D eigenvalue weighted by molar-refractivity contribution is 7.16. The molecule has 0 fully saturated rings. The lowest BCUT2D eigenvalue weighted by Crippen LogP contribution is -2.32. The maximum Gasteiger partial charge on any atom is 0.262 e. The fourth-order valence-electron chi connectivity index (χ4n) is 3.39. The van der Waals surface area contributed by atoms with Gasteiger partial charge in [0.1, 0.15) is 10.8 Å². The molecule has 144 valence electrons. The Kier molecular flexibility index (Phi) is 3.92. The first kappa shape index (κ1) is 17.5. The zero-order valence-electron chi connectivity index (χ0n) is 15.6. The van der Waals surface area contributed by atoms with Crippen molar-refractivity contribution in [2.45, 2.75) is 13.0 Å². The molecule has 3 heterocycles.